The molecule has 0 unspecified atom stereocenters. The summed E-state index contributed by atoms with van der Waals surface area (Å²) in [6, 6.07) is 23.2. The Morgan fingerprint density at radius 3 is 2.73 bits per heavy atom. The van der Waals surface area contributed by atoms with Gasteiger partial charge in [-0.25, -0.2) is 0 Å². The van der Waals surface area contributed by atoms with E-state index in [0.29, 0.717) is 17.7 Å². The summed E-state index contributed by atoms with van der Waals surface area (Å²) in [5, 5.41) is 11.3. The van der Waals surface area contributed by atoms with E-state index < -0.39 is 5.91 Å². The SMILES string of the molecule is CCCCCc1c[c]c2c3c(C(N)=O)cccc3n(Cc3ccccc3C#N)c2c1. The molecule has 1 radical (unpaired) electrons. The molecule has 0 spiro atoms. The van der Waals surface area contributed by atoms with Crippen LogP contribution in [0.4, 0.5) is 0 Å². The number of nitriles is 1. The molecule has 4 rings (SSSR count). The molecule has 4 aromatic rings. The molecule has 1 amide bonds. The van der Waals surface area contributed by atoms with E-state index in [9.17, 15) is 10.1 Å². The molecule has 0 fully saturated rings. The summed E-state index contributed by atoms with van der Waals surface area (Å²) in [5.41, 5.74) is 11.0. The molecule has 0 aliphatic carbocycles. The van der Waals surface area contributed by atoms with Crippen LogP contribution in [0.3, 0.4) is 0 Å². The van der Waals surface area contributed by atoms with Gasteiger partial charge in [-0.2, -0.15) is 5.26 Å². The zero-order valence-corrected chi connectivity index (χ0v) is 17.1. The molecular formula is C26H24N3O. The van der Waals surface area contributed by atoms with Crippen molar-refractivity contribution in [3.63, 3.8) is 0 Å². The van der Waals surface area contributed by atoms with Gasteiger partial charge in [0.2, 0.25) is 5.91 Å². The summed E-state index contributed by atoms with van der Waals surface area (Å²) in [7, 11) is 0. The van der Waals surface area contributed by atoms with Gasteiger partial charge in [0.25, 0.3) is 0 Å². The highest BCUT2D eigenvalue weighted by Crippen LogP contribution is 2.33. The Labute approximate surface area is 176 Å². The number of fused-ring (bicyclic) bond motifs is 3. The number of nitrogens with two attached hydrogens (primary N) is 1. The van der Waals surface area contributed by atoms with E-state index in [1.54, 1.807) is 6.07 Å². The number of primary amides is 1. The summed E-state index contributed by atoms with van der Waals surface area (Å²) in [4.78, 5) is 12.1. The van der Waals surface area contributed by atoms with Gasteiger partial charge in [0, 0.05) is 22.9 Å². The van der Waals surface area contributed by atoms with Crippen LogP contribution in [0, 0.1) is 17.4 Å². The fourth-order valence-electron chi connectivity index (χ4n) is 4.14. The highest BCUT2D eigenvalue weighted by atomic mass is 16.1. The average molecular weight is 394 g/mol. The molecule has 3 aromatic carbocycles. The number of hydrogen-bond acceptors (Lipinski definition) is 2. The summed E-state index contributed by atoms with van der Waals surface area (Å²) in [6.07, 6.45) is 4.51. The zero-order valence-electron chi connectivity index (χ0n) is 17.1. The monoisotopic (exact) mass is 394 g/mol. The third-order valence-corrected chi connectivity index (χ3v) is 5.65. The molecule has 149 valence electrons. The quantitative estimate of drug-likeness (QED) is 0.429. The maximum absolute atomic E-state index is 12.1. The minimum atomic E-state index is -0.447. The zero-order chi connectivity index (χ0) is 21.1. The number of rotatable bonds is 7. The van der Waals surface area contributed by atoms with Crippen molar-refractivity contribution < 1.29 is 4.79 Å². The van der Waals surface area contributed by atoms with Crippen LogP contribution in [-0.2, 0) is 13.0 Å². The fourth-order valence-corrected chi connectivity index (χ4v) is 4.14. The summed E-state index contributed by atoms with van der Waals surface area (Å²) >= 11 is 0. The number of carbonyl (C=O) groups is 1. The van der Waals surface area contributed by atoms with Crippen LogP contribution >= 0.6 is 0 Å². The van der Waals surface area contributed by atoms with Crippen molar-refractivity contribution in [2.45, 2.75) is 39.2 Å². The Morgan fingerprint density at radius 2 is 1.97 bits per heavy atom. The maximum atomic E-state index is 12.1. The van der Waals surface area contributed by atoms with Gasteiger partial charge < -0.3 is 10.3 Å². The Hall–Kier alpha value is -3.58. The maximum Gasteiger partial charge on any atom is 0.249 e. The molecule has 30 heavy (non-hydrogen) atoms. The van der Waals surface area contributed by atoms with Crippen molar-refractivity contribution in [2.24, 2.45) is 5.73 Å². The largest absolute Gasteiger partial charge is 0.366 e. The van der Waals surface area contributed by atoms with Crippen LogP contribution in [0.2, 0.25) is 0 Å². The average Bonchev–Trinajstić information content (AvgIpc) is 3.07. The topological polar surface area (TPSA) is 71.8 Å². The molecule has 1 aromatic heterocycles. The van der Waals surface area contributed by atoms with E-state index in [-0.39, 0.29) is 0 Å². The molecule has 0 aliphatic heterocycles. The van der Waals surface area contributed by atoms with Gasteiger partial charge in [-0.15, -0.1) is 0 Å². The lowest BCUT2D eigenvalue weighted by atomic mass is 10.0. The van der Waals surface area contributed by atoms with Crippen molar-refractivity contribution in [1.82, 2.24) is 4.57 Å². The number of aromatic nitrogens is 1. The van der Waals surface area contributed by atoms with Gasteiger partial charge in [0.05, 0.1) is 22.7 Å². The van der Waals surface area contributed by atoms with Crippen LogP contribution in [0.25, 0.3) is 21.8 Å². The van der Waals surface area contributed by atoms with Gasteiger partial charge in [0.1, 0.15) is 0 Å². The van der Waals surface area contributed by atoms with E-state index >= 15 is 0 Å². The van der Waals surface area contributed by atoms with E-state index in [1.165, 1.54) is 18.4 Å². The first-order chi connectivity index (χ1) is 14.6. The smallest absolute Gasteiger partial charge is 0.249 e. The predicted molar refractivity (Wildman–Crippen MR) is 120 cm³/mol. The van der Waals surface area contributed by atoms with Gasteiger partial charge in [0.15, 0.2) is 0 Å². The van der Waals surface area contributed by atoms with Crippen molar-refractivity contribution in [3.05, 3.63) is 82.9 Å². The Morgan fingerprint density at radius 1 is 1.13 bits per heavy atom. The van der Waals surface area contributed by atoms with E-state index in [1.807, 2.05) is 42.5 Å². The standard InChI is InChI=1S/C26H24N3O/c1-2-3-4-8-18-13-14-21-24(15-18)29(17-20-10-6-5-9-19(20)16-27)23-12-7-11-22(25(21)23)26(28)30/h5-7,9-13,15H,2-4,8,17H2,1H3,(H2,28,30). The third kappa shape index (κ3) is 3.55. The fraction of sp³-hybridized carbons (Fsp3) is 0.231. The molecule has 0 saturated heterocycles. The number of benzene rings is 3. The van der Waals surface area contributed by atoms with Crippen molar-refractivity contribution >= 4 is 27.7 Å². The van der Waals surface area contributed by atoms with E-state index in [0.717, 1.165) is 40.2 Å². The first-order valence-corrected chi connectivity index (χ1v) is 10.4. The second-order valence-electron chi connectivity index (χ2n) is 7.64. The van der Waals surface area contributed by atoms with Crippen molar-refractivity contribution in [1.29, 1.82) is 5.26 Å². The minimum absolute atomic E-state index is 0.447. The van der Waals surface area contributed by atoms with Crippen molar-refractivity contribution in [3.8, 4) is 6.07 Å². The molecular weight excluding hydrogens is 370 g/mol. The lowest BCUT2D eigenvalue weighted by Crippen LogP contribution is -2.11. The lowest BCUT2D eigenvalue weighted by Gasteiger charge is -2.10. The summed E-state index contributed by atoms with van der Waals surface area (Å²) in [6.45, 7) is 2.74. The highest BCUT2D eigenvalue weighted by molar-refractivity contribution is 6.17. The molecule has 4 heteroatoms. The van der Waals surface area contributed by atoms with Gasteiger partial charge in [-0.3, -0.25) is 4.79 Å². The first-order valence-electron chi connectivity index (χ1n) is 10.4. The molecule has 0 bridgehead atoms. The van der Waals surface area contributed by atoms with Gasteiger partial charge >= 0.3 is 0 Å². The number of nitrogens with zero attached hydrogens (tertiary/aromatic N) is 2. The van der Waals surface area contributed by atoms with Gasteiger partial charge in [-0.05, 0) is 54.3 Å². The number of aryl methyl sites for hydroxylation is 1. The Kier molecular flexibility index (Phi) is 5.54. The summed E-state index contributed by atoms with van der Waals surface area (Å²) in [5.74, 6) is -0.447. The molecule has 0 atom stereocenters. The van der Waals surface area contributed by atoms with E-state index in [2.05, 4.69) is 29.7 Å². The number of carbonyl (C=O) groups excluding carboxylic acids is 1. The molecule has 0 saturated carbocycles. The number of unbranched alkanes of at least 4 members (excludes halogenated alkanes) is 2. The Bertz CT molecular complexity index is 1280. The second-order valence-corrected chi connectivity index (χ2v) is 7.64. The summed E-state index contributed by atoms with van der Waals surface area (Å²) < 4.78 is 2.17. The van der Waals surface area contributed by atoms with E-state index in [4.69, 9.17) is 5.73 Å². The van der Waals surface area contributed by atoms with Crippen LogP contribution < -0.4 is 5.73 Å². The number of amides is 1. The van der Waals surface area contributed by atoms with Crippen LogP contribution in [0.5, 0.6) is 0 Å². The number of hydrogen-bond donors (Lipinski definition) is 1. The molecule has 0 aliphatic rings. The van der Waals surface area contributed by atoms with Crippen LogP contribution in [0.1, 0.15) is 53.2 Å². The molecule has 1 heterocycles. The van der Waals surface area contributed by atoms with Crippen LogP contribution in [-0.4, -0.2) is 10.5 Å². The normalized spacial score (nSPS) is 11.1. The molecule has 2 N–H and O–H groups in total. The predicted octanol–water partition coefficient (Wildman–Crippen LogP) is 5.35. The second kappa shape index (κ2) is 8.42. The van der Waals surface area contributed by atoms with Crippen molar-refractivity contribution in [2.75, 3.05) is 0 Å². The Balaban J connectivity index is 1.95. The van der Waals surface area contributed by atoms with Gasteiger partial charge in [-0.1, -0.05) is 50.1 Å². The third-order valence-electron chi connectivity index (χ3n) is 5.65. The first kappa shape index (κ1) is 19.7. The lowest BCUT2D eigenvalue weighted by molar-refractivity contribution is 0.100. The highest BCUT2D eigenvalue weighted by Gasteiger charge is 2.17. The molecule has 4 nitrogen and oxygen atoms in total. The minimum Gasteiger partial charge on any atom is -0.366 e. The van der Waals surface area contributed by atoms with Crippen LogP contribution in [0.15, 0.2) is 54.6 Å².